The molecule has 0 spiro atoms. The van der Waals surface area contributed by atoms with E-state index in [1.807, 2.05) is 20.8 Å². The van der Waals surface area contributed by atoms with Gasteiger partial charge in [-0.25, -0.2) is 9.18 Å². The first-order valence-corrected chi connectivity index (χ1v) is 11.1. The number of para-hydroxylation sites is 1. The molecular formula is C23H30FN5O4. The molecule has 1 atom stereocenters. The van der Waals surface area contributed by atoms with Gasteiger partial charge in [0.15, 0.2) is 5.69 Å². The van der Waals surface area contributed by atoms with Crippen molar-refractivity contribution in [1.29, 1.82) is 0 Å². The van der Waals surface area contributed by atoms with E-state index in [2.05, 4.69) is 4.98 Å². The van der Waals surface area contributed by atoms with Gasteiger partial charge in [-0.2, -0.15) is 0 Å². The molecule has 2 heterocycles. The van der Waals surface area contributed by atoms with E-state index in [0.29, 0.717) is 13.0 Å². The van der Waals surface area contributed by atoms with Crippen molar-refractivity contribution in [3.05, 3.63) is 50.9 Å². The van der Waals surface area contributed by atoms with Crippen molar-refractivity contribution in [2.75, 3.05) is 28.6 Å². The summed E-state index contributed by atoms with van der Waals surface area (Å²) >= 11 is 0. The standard InChI is InChI=1S/C23H30FN5O4/c1-4-5-10-27-20(25)19(21(31)26-23(27)33)29(12-14(2)3)22(32)15-11-18(30)28(13-15)17-9-7-6-8-16(17)24/h6-9,14-15H,4-5,10-13,25H2,1-3H3,(H,26,31,33). The van der Waals surface area contributed by atoms with Gasteiger partial charge in [-0.3, -0.25) is 23.9 Å². The van der Waals surface area contributed by atoms with Crippen LogP contribution in [0.4, 0.5) is 21.6 Å². The second-order valence-corrected chi connectivity index (χ2v) is 8.70. The zero-order valence-electron chi connectivity index (χ0n) is 19.1. The lowest BCUT2D eigenvalue weighted by molar-refractivity contribution is -0.124. The summed E-state index contributed by atoms with van der Waals surface area (Å²) in [5.74, 6) is -2.29. The molecule has 1 aromatic heterocycles. The van der Waals surface area contributed by atoms with Crippen LogP contribution in [0.2, 0.25) is 0 Å². The Morgan fingerprint density at radius 3 is 2.61 bits per heavy atom. The van der Waals surface area contributed by atoms with Crippen LogP contribution < -0.4 is 26.8 Å². The highest BCUT2D eigenvalue weighted by Crippen LogP contribution is 2.30. The SMILES string of the molecule is CCCCn1c(N)c(N(CC(C)C)C(=O)C2CC(=O)N(c3ccccc3F)C2)c(=O)[nH]c1=O. The number of nitrogens with two attached hydrogens (primary N) is 1. The van der Waals surface area contributed by atoms with Crippen LogP contribution in [0.5, 0.6) is 0 Å². The number of hydrogen-bond donors (Lipinski definition) is 2. The van der Waals surface area contributed by atoms with Crippen LogP contribution in [-0.2, 0) is 16.1 Å². The molecule has 3 rings (SSSR count). The number of benzene rings is 1. The van der Waals surface area contributed by atoms with E-state index >= 15 is 0 Å². The van der Waals surface area contributed by atoms with Crippen LogP contribution in [0.1, 0.15) is 40.0 Å². The van der Waals surface area contributed by atoms with Crippen LogP contribution in [0.15, 0.2) is 33.9 Å². The Morgan fingerprint density at radius 1 is 1.27 bits per heavy atom. The van der Waals surface area contributed by atoms with Gasteiger partial charge >= 0.3 is 5.69 Å². The molecule has 0 bridgehead atoms. The normalized spacial score (nSPS) is 16.0. The number of halogens is 1. The molecule has 178 valence electrons. The molecule has 1 unspecified atom stereocenters. The maximum atomic E-state index is 14.2. The third kappa shape index (κ3) is 4.99. The molecule has 33 heavy (non-hydrogen) atoms. The molecule has 1 aromatic carbocycles. The second kappa shape index (κ2) is 10.0. The summed E-state index contributed by atoms with van der Waals surface area (Å²) < 4.78 is 15.5. The number of nitrogens with zero attached hydrogens (tertiary/aromatic N) is 3. The third-order valence-electron chi connectivity index (χ3n) is 5.65. The molecule has 9 nitrogen and oxygen atoms in total. The van der Waals surface area contributed by atoms with Crippen molar-refractivity contribution in [3.63, 3.8) is 0 Å². The lowest BCUT2D eigenvalue weighted by Crippen LogP contribution is -2.45. The Kier molecular flexibility index (Phi) is 7.35. The molecule has 10 heteroatoms. The summed E-state index contributed by atoms with van der Waals surface area (Å²) in [4.78, 5) is 56.0. The predicted molar refractivity (Wildman–Crippen MR) is 125 cm³/mol. The van der Waals surface area contributed by atoms with Crippen molar-refractivity contribution in [3.8, 4) is 0 Å². The fourth-order valence-electron chi connectivity index (χ4n) is 4.03. The first-order chi connectivity index (χ1) is 15.6. The second-order valence-electron chi connectivity index (χ2n) is 8.70. The van der Waals surface area contributed by atoms with Gasteiger partial charge in [-0.15, -0.1) is 0 Å². The smallest absolute Gasteiger partial charge is 0.330 e. The minimum absolute atomic E-state index is 0.0134. The first-order valence-electron chi connectivity index (χ1n) is 11.1. The number of nitrogen functional groups attached to an aromatic ring is 1. The monoisotopic (exact) mass is 459 g/mol. The summed E-state index contributed by atoms with van der Waals surface area (Å²) in [5.41, 5.74) is 4.85. The van der Waals surface area contributed by atoms with Gasteiger partial charge in [0, 0.05) is 26.1 Å². The number of rotatable bonds is 8. The van der Waals surface area contributed by atoms with Crippen LogP contribution in [-0.4, -0.2) is 34.5 Å². The van der Waals surface area contributed by atoms with Gasteiger partial charge in [0.2, 0.25) is 11.8 Å². The van der Waals surface area contributed by atoms with Crippen molar-refractivity contribution in [2.45, 2.75) is 46.6 Å². The number of amides is 2. The highest BCUT2D eigenvalue weighted by molar-refractivity contribution is 6.05. The number of unbranched alkanes of at least 4 members (excludes halogenated alkanes) is 1. The van der Waals surface area contributed by atoms with Crippen LogP contribution in [0, 0.1) is 17.7 Å². The lowest BCUT2D eigenvalue weighted by atomic mass is 10.1. The molecule has 1 fully saturated rings. The molecule has 2 amide bonds. The fraction of sp³-hybridized carbons (Fsp3) is 0.478. The molecule has 1 saturated heterocycles. The van der Waals surface area contributed by atoms with Crippen LogP contribution >= 0.6 is 0 Å². The molecule has 1 aliphatic heterocycles. The average molecular weight is 460 g/mol. The molecule has 0 aliphatic carbocycles. The largest absolute Gasteiger partial charge is 0.383 e. The number of carbonyl (C=O) groups is 2. The van der Waals surface area contributed by atoms with E-state index in [1.54, 1.807) is 6.07 Å². The maximum absolute atomic E-state index is 14.2. The van der Waals surface area contributed by atoms with Crippen molar-refractivity contribution < 1.29 is 14.0 Å². The van der Waals surface area contributed by atoms with Gasteiger partial charge in [-0.05, 0) is 24.5 Å². The minimum Gasteiger partial charge on any atom is -0.383 e. The van der Waals surface area contributed by atoms with E-state index in [-0.39, 0.29) is 48.5 Å². The molecule has 2 aromatic rings. The van der Waals surface area contributed by atoms with Gasteiger partial charge in [0.25, 0.3) is 5.56 Å². The topological polar surface area (TPSA) is 121 Å². The van der Waals surface area contributed by atoms with Gasteiger partial charge in [0.05, 0.1) is 11.6 Å². The maximum Gasteiger partial charge on any atom is 0.330 e. The predicted octanol–water partition coefficient (Wildman–Crippen LogP) is 2.10. The Morgan fingerprint density at radius 2 is 1.97 bits per heavy atom. The van der Waals surface area contributed by atoms with E-state index in [0.717, 1.165) is 6.42 Å². The fourth-order valence-corrected chi connectivity index (χ4v) is 4.03. The van der Waals surface area contributed by atoms with E-state index in [4.69, 9.17) is 5.73 Å². The number of carbonyl (C=O) groups excluding carboxylic acids is 2. The molecule has 3 N–H and O–H groups in total. The molecular weight excluding hydrogens is 429 g/mol. The zero-order valence-corrected chi connectivity index (χ0v) is 19.1. The molecule has 0 saturated carbocycles. The number of anilines is 3. The van der Waals surface area contributed by atoms with Gasteiger partial charge < -0.3 is 15.5 Å². The average Bonchev–Trinajstić information content (AvgIpc) is 3.13. The summed E-state index contributed by atoms with van der Waals surface area (Å²) in [7, 11) is 0. The first kappa shape index (κ1) is 24.2. The lowest BCUT2D eigenvalue weighted by Gasteiger charge is -2.28. The summed E-state index contributed by atoms with van der Waals surface area (Å²) in [6.45, 7) is 6.17. The quantitative estimate of drug-likeness (QED) is 0.626. The highest BCUT2D eigenvalue weighted by Gasteiger charge is 2.39. The highest BCUT2D eigenvalue weighted by atomic mass is 19.1. The van der Waals surface area contributed by atoms with Crippen molar-refractivity contribution in [2.24, 2.45) is 11.8 Å². The van der Waals surface area contributed by atoms with E-state index in [9.17, 15) is 23.6 Å². The number of hydrogen-bond acceptors (Lipinski definition) is 5. The zero-order chi connectivity index (χ0) is 24.3. The molecule has 0 radical (unpaired) electrons. The number of aromatic amines is 1. The number of H-pyrrole nitrogens is 1. The minimum atomic E-state index is -0.786. The van der Waals surface area contributed by atoms with Crippen molar-refractivity contribution in [1.82, 2.24) is 9.55 Å². The summed E-state index contributed by atoms with van der Waals surface area (Å²) in [5, 5.41) is 0. The van der Waals surface area contributed by atoms with Gasteiger partial charge in [-0.1, -0.05) is 39.3 Å². The third-order valence-corrected chi connectivity index (χ3v) is 5.65. The Balaban J connectivity index is 1.98. The van der Waals surface area contributed by atoms with Crippen LogP contribution in [0.25, 0.3) is 0 Å². The summed E-state index contributed by atoms with van der Waals surface area (Å²) in [6, 6.07) is 5.88. The van der Waals surface area contributed by atoms with Gasteiger partial charge in [0.1, 0.15) is 11.6 Å². The van der Waals surface area contributed by atoms with E-state index < -0.39 is 28.9 Å². The van der Waals surface area contributed by atoms with Crippen molar-refractivity contribution >= 4 is 29.0 Å². The Labute approximate surface area is 191 Å². The Hall–Kier alpha value is -3.43. The van der Waals surface area contributed by atoms with E-state index in [1.165, 1.54) is 32.6 Å². The molecule has 1 aliphatic rings. The number of aromatic nitrogens is 2. The summed E-state index contributed by atoms with van der Waals surface area (Å²) in [6.07, 6.45) is 1.36. The van der Waals surface area contributed by atoms with Crippen LogP contribution in [0.3, 0.4) is 0 Å². The Bertz CT molecular complexity index is 1160. The number of nitrogens with one attached hydrogen (secondary N) is 1.